The van der Waals surface area contributed by atoms with Gasteiger partial charge in [0.1, 0.15) is 17.1 Å². The molecule has 0 spiro atoms. The van der Waals surface area contributed by atoms with E-state index in [1.807, 2.05) is 0 Å². The van der Waals surface area contributed by atoms with E-state index in [0.717, 1.165) is 0 Å². The number of carbonyl (C=O) groups excluding carboxylic acids is 2. The minimum absolute atomic E-state index is 0.0380. The number of nitrogens with one attached hydrogen (secondary N) is 1. The third-order valence-electron chi connectivity index (χ3n) is 3.15. The number of methoxy groups -OCH3 is 2. The normalized spacial score (nSPS) is 10.0. The van der Waals surface area contributed by atoms with Crippen molar-refractivity contribution in [2.75, 3.05) is 19.5 Å². The summed E-state index contributed by atoms with van der Waals surface area (Å²) < 4.78 is 11.9. The van der Waals surface area contributed by atoms with Gasteiger partial charge in [-0.2, -0.15) is 4.57 Å². The lowest BCUT2D eigenvalue weighted by Gasteiger charge is -2.10. The summed E-state index contributed by atoms with van der Waals surface area (Å²) in [5.41, 5.74) is 6.09. The van der Waals surface area contributed by atoms with Crippen LogP contribution in [0.15, 0.2) is 42.7 Å². The molecule has 0 aliphatic heterocycles. The molecule has 3 N–H and O–H groups in total. The molecule has 2 amide bonds. The van der Waals surface area contributed by atoms with Crippen molar-refractivity contribution in [3.63, 3.8) is 0 Å². The zero-order valence-electron chi connectivity index (χ0n) is 12.9. The molecule has 0 saturated carbocycles. The number of primary amides is 1. The van der Waals surface area contributed by atoms with E-state index in [9.17, 15) is 9.59 Å². The molecular weight excluding hydrogens is 298 g/mol. The largest absolute Gasteiger partial charge is 0.497 e. The van der Waals surface area contributed by atoms with Crippen LogP contribution in [0.1, 0.15) is 10.4 Å². The van der Waals surface area contributed by atoms with Gasteiger partial charge in [0.15, 0.2) is 12.4 Å². The van der Waals surface area contributed by atoms with Crippen LogP contribution in [0.5, 0.6) is 11.5 Å². The van der Waals surface area contributed by atoms with Gasteiger partial charge in [-0.1, -0.05) is 0 Å². The van der Waals surface area contributed by atoms with Gasteiger partial charge in [0.25, 0.3) is 11.8 Å². The number of rotatable bonds is 6. The Morgan fingerprint density at radius 1 is 1.22 bits per heavy atom. The van der Waals surface area contributed by atoms with E-state index in [-0.39, 0.29) is 12.5 Å². The van der Waals surface area contributed by atoms with Crippen LogP contribution in [-0.2, 0) is 11.3 Å². The molecule has 1 aromatic carbocycles. The maximum Gasteiger partial charge on any atom is 0.290 e. The lowest BCUT2D eigenvalue weighted by atomic mass is 10.2. The third-order valence-corrected chi connectivity index (χ3v) is 3.15. The Morgan fingerprint density at radius 2 is 2.00 bits per heavy atom. The highest BCUT2D eigenvalue weighted by Gasteiger charge is 2.14. The maximum atomic E-state index is 12.2. The highest BCUT2D eigenvalue weighted by atomic mass is 16.5. The van der Waals surface area contributed by atoms with E-state index in [4.69, 9.17) is 15.2 Å². The molecular formula is C16H18N3O4+. The molecule has 1 heterocycles. The molecule has 23 heavy (non-hydrogen) atoms. The first-order valence-corrected chi connectivity index (χ1v) is 6.84. The first-order valence-electron chi connectivity index (χ1n) is 6.84. The summed E-state index contributed by atoms with van der Waals surface area (Å²) in [7, 11) is 3.06. The van der Waals surface area contributed by atoms with Gasteiger partial charge in [-0.05, 0) is 18.2 Å². The Balaban J connectivity index is 2.10. The van der Waals surface area contributed by atoms with Gasteiger partial charge in [0.2, 0.25) is 6.54 Å². The first-order chi connectivity index (χ1) is 11.0. The summed E-state index contributed by atoms with van der Waals surface area (Å²) in [6.07, 6.45) is 3.20. The molecule has 2 rings (SSSR count). The number of ether oxygens (including phenoxy) is 2. The van der Waals surface area contributed by atoms with Crippen molar-refractivity contribution >= 4 is 17.5 Å². The Kier molecular flexibility index (Phi) is 5.14. The summed E-state index contributed by atoms with van der Waals surface area (Å²) in [6, 6.07) is 8.33. The molecule has 7 nitrogen and oxygen atoms in total. The van der Waals surface area contributed by atoms with Crippen molar-refractivity contribution in [3.05, 3.63) is 48.3 Å². The van der Waals surface area contributed by atoms with E-state index in [0.29, 0.717) is 22.7 Å². The van der Waals surface area contributed by atoms with Gasteiger partial charge in [-0.3, -0.25) is 9.59 Å². The second-order valence-electron chi connectivity index (χ2n) is 4.74. The van der Waals surface area contributed by atoms with Crippen LogP contribution in [0.25, 0.3) is 0 Å². The summed E-state index contributed by atoms with van der Waals surface area (Å²) in [6.45, 7) is 0.0380. The molecule has 0 aliphatic carbocycles. The number of aromatic nitrogens is 1. The van der Waals surface area contributed by atoms with E-state index in [1.54, 1.807) is 48.2 Å². The smallest absolute Gasteiger partial charge is 0.290 e. The molecule has 0 fully saturated rings. The molecule has 2 aromatic rings. The average molecular weight is 316 g/mol. The first kappa shape index (κ1) is 16.3. The van der Waals surface area contributed by atoms with Crippen LogP contribution < -0.4 is 25.1 Å². The Bertz CT molecular complexity index is 731. The monoisotopic (exact) mass is 316 g/mol. The van der Waals surface area contributed by atoms with Gasteiger partial charge < -0.3 is 20.5 Å². The quantitative estimate of drug-likeness (QED) is 0.768. The van der Waals surface area contributed by atoms with Gasteiger partial charge in [0, 0.05) is 12.1 Å². The molecule has 0 radical (unpaired) electrons. The van der Waals surface area contributed by atoms with Gasteiger partial charge >= 0.3 is 0 Å². The lowest BCUT2D eigenvalue weighted by Crippen LogP contribution is -2.40. The van der Waals surface area contributed by atoms with Crippen LogP contribution in [0.2, 0.25) is 0 Å². The topological polar surface area (TPSA) is 94.5 Å². The highest BCUT2D eigenvalue weighted by Crippen LogP contribution is 2.28. The molecule has 0 unspecified atom stereocenters. The van der Waals surface area contributed by atoms with Gasteiger partial charge in [-0.15, -0.1) is 0 Å². The zero-order valence-corrected chi connectivity index (χ0v) is 12.9. The number of nitrogens with two attached hydrogens (primary N) is 1. The van der Waals surface area contributed by atoms with Crippen molar-refractivity contribution < 1.29 is 23.6 Å². The second-order valence-corrected chi connectivity index (χ2v) is 4.74. The summed E-state index contributed by atoms with van der Waals surface area (Å²) in [5, 5.41) is 2.75. The minimum atomic E-state index is -0.545. The molecule has 0 aliphatic rings. The van der Waals surface area contributed by atoms with Crippen LogP contribution in [0, 0.1) is 0 Å². The standard InChI is InChI=1S/C16H17N3O4/c1-22-12-5-6-13(14(8-12)23-2)18-15(20)10-19-7-3-4-11(9-19)16(17)21/h3-9H,10H2,1-2H3,(H2-,17,18,20,21)/p+1. The Hall–Kier alpha value is -3.09. The van der Waals surface area contributed by atoms with Crippen LogP contribution >= 0.6 is 0 Å². The van der Waals surface area contributed by atoms with Gasteiger partial charge in [-0.25, -0.2) is 0 Å². The predicted octanol–water partition coefficient (Wildman–Crippen LogP) is 0.729. The minimum Gasteiger partial charge on any atom is -0.497 e. The zero-order chi connectivity index (χ0) is 16.8. The van der Waals surface area contributed by atoms with Crippen molar-refractivity contribution in [2.45, 2.75) is 6.54 Å². The number of nitrogens with zero attached hydrogens (tertiary/aromatic N) is 1. The molecule has 120 valence electrons. The highest BCUT2D eigenvalue weighted by molar-refractivity contribution is 5.92. The number of hydrogen-bond donors (Lipinski definition) is 2. The van der Waals surface area contributed by atoms with E-state index in [2.05, 4.69) is 5.32 Å². The van der Waals surface area contributed by atoms with E-state index in [1.165, 1.54) is 13.3 Å². The van der Waals surface area contributed by atoms with Crippen LogP contribution in [-0.4, -0.2) is 26.0 Å². The van der Waals surface area contributed by atoms with Crippen molar-refractivity contribution in [3.8, 4) is 11.5 Å². The average Bonchev–Trinajstić information content (AvgIpc) is 2.55. The number of benzene rings is 1. The molecule has 0 bridgehead atoms. The fourth-order valence-electron chi connectivity index (χ4n) is 2.02. The fraction of sp³-hybridized carbons (Fsp3) is 0.188. The molecule has 0 saturated heterocycles. The Morgan fingerprint density at radius 3 is 2.65 bits per heavy atom. The molecule has 7 heteroatoms. The van der Waals surface area contributed by atoms with Crippen molar-refractivity contribution in [1.29, 1.82) is 0 Å². The second kappa shape index (κ2) is 7.26. The van der Waals surface area contributed by atoms with E-state index >= 15 is 0 Å². The van der Waals surface area contributed by atoms with Crippen molar-refractivity contribution in [2.24, 2.45) is 5.73 Å². The number of anilines is 1. The lowest BCUT2D eigenvalue weighted by molar-refractivity contribution is -0.684. The molecule has 0 atom stereocenters. The maximum absolute atomic E-state index is 12.2. The van der Waals surface area contributed by atoms with Crippen molar-refractivity contribution in [1.82, 2.24) is 0 Å². The number of amides is 2. The van der Waals surface area contributed by atoms with Crippen LogP contribution in [0.4, 0.5) is 5.69 Å². The number of pyridine rings is 1. The number of hydrogen-bond acceptors (Lipinski definition) is 4. The SMILES string of the molecule is COc1ccc(NC(=O)C[n+]2cccc(C(N)=O)c2)c(OC)c1. The summed E-state index contributed by atoms with van der Waals surface area (Å²) >= 11 is 0. The predicted molar refractivity (Wildman–Crippen MR) is 83.3 cm³/mol. The summed E-state index contributed by atoms with van der Waals surface area (Å²) in [5.74, 6) is 0.314. The van der Waals surface area contributed by atoms with E-state index < -0.39 is 5.91 Å². The number of carbonyl (C=O) groups is 2. The van der Waals surface area contributed by atoms with Gasteiger partial charge in [0.05, 0.1) is 19.9 Å². The third kappa shape index (κ3) is 4.19. The Labute approximate surface area is 133 Å². The summed E-state index contributed by atoms with van der Waals surface area (Å²) in [4.78, 5) is 23.3. The fourth-order valence-corrected chi connectivity index (χ4v) is 2.02. The molecule has 1 aromatic heterocycles. The van der Waals surface area contributed by atoms with Crippen LogP contribution in [0.3, 0.4) is 0 Å².